The van der Waals surface area contributed by atoms with Crippen LogP contribution in [0.15, 0.2) is 52.4 Å². The summed E-state index contributed by atoms with van der Waals surface area (Å²) in [6.45, 7) is 3.95. The quantitative estimate of drug-likeness (QED) is 0.509. The fourth-order valence-corrected chi connectivity index (χ4v) is 2.84. The number of benzene rings is 2. The van der Waals surface area contributed by atoms with Gasteiger partial charge >= 0.3 is 0 Å². The Morgan fingerprint density at radius 1 is 1.14 bits per heavy atom. The van der Waals surface area contributed by atoms with E-state index in [4.69, 9.17) is 0 Å². The van der Waals surface area contributed by atoms with Crippen LogP contribution in [0.3, 0.4) is 0 Å². The predicted octanol–water partition coefficient (Wildman–Crippen LogP) is 3.63. The van der Waals surface area contributed by atoms with E-state index in [0.29, 0.717) is 28.6 Å². The molecule has 0 aliphatic rings. The number of unbranched alkanes of at least 4 members (excludes halogenated alkanes) is 1. The SMILES string of the molecule is CCCCn1nc(C(=O)N/N=C(/C)c2ccc(F)c(F)c2)c2ccccc2c1=O. The molecule has 1 heterocycles. The third-order valence-corrected chi connectivity index (χ3v) is 4.47. The molecule has 0 spiro atoms. The van der Waals surface area contributed by atoms with E-state index < -0.39 is 17.5 Å². The molecule has 0 unspecified atom stereocenters. The maximum Gasteiger partial charge on any atom is 0.292 e. The third-order valence-electron chi connectivity index (χ3n) is 4.47. The number of aryl methyl sites for hydroxylation is 1. The number of aromatic nitrogens is 2. The molecular formula is C21H20F2N4O2. The van der Waals surface area contributed by atoms with Crippen LogP contribution < -0.4 is 11.0 Å². The minimum Gasteiger partial charge on any atom is -0.267 e. The lowest BCUT2D eigenvalue weighted by atomic mass is 10.1. The standard InChI is InChI=1S/C21H20F2N4O2/c1-3-4-11-27-21(29)16-8-6-5-7-15(16)19(26-27)20(28)25-24-13(2)14-9-10-17(22)18(23)12-14/h5-10,12H,3-4,11H2,1-2H3,(H,25,28)/b24-13-. The molecule has 0 fully saturated rings. The number of hydrazone groups is 1. The van der Waals surface area contributed by atoms with Crippen LogP contribution >= 0.6 is 0 Å². The summed E-state index contributed by atoms with van der Waals surface area (Å²) < 4.78 is 27.8. The predicted molar refractivity (Wildman–Crippen MR) is 107 cm³/mol. The number of fused-ring (bicyclic) bond motifs is 1. The highest BCUT2D eigenvalue weighted by atomic mass is 19.2. The molecule has 0 aliphatic heterocycles. The molecule has 3 rings (SSSR count). The molecule has 1 N–H and O–H groups in total. The first-order valence-corrected chi connectivity index (χ1v) is 9.22. The van der Waals surface area contributed by atoms with Crippen molar-refractivity contribution >= 4 is 22.4 Å². The maximum atomic E-state index is 13.4. The third kappa shape index (κ3) is 4.37. The first-order chi connectivity index (χ1) is 13.9. The Kier molecular flexibility index (Phi) is 6.11. The van der Waals surface area contributed by atoms with Crippen LogP contribution in [0, 0.1) is 11.6 Å². The van der Waals surface area contributed by atoms with E-state index in [-0.39, 0.29) is 11.3 Å². The Morgan fingerprint density at radius 3 is 2.55 bits per heavy atom. The lowest BCUT2D eigenvalue weighted by Crippen LogP contribution is -2.29. The first kappa shape index (κ1) is 20.3. The van der Waals surface area contributed by atoms with Crippen LogP contribution in [0.2, 0.25) is 0 Å². The van der Waals surface area contributed by atoms with Crippen LogP contribution in [0.1, 0.15) is 42.7 Å². The van der Waals surface area contributed by atoms with E-state index in [2.05, 4.69) is 15.6 Å². The van der Waals surface area contributed by atoms with Gasteiger partial charge in [-0.15, -0.1) is 0 Å². The van der Waals surface area contributed by atoms with Crippen LogP contribution in [-0.2, 0) is 6.54 Å². The Balaban J connectivity index is 1.94. The summed E-state index contributed by atoms with van der Waals surface area (Å²) in [6.07, 6.45) is 1.62. The summed E-state index contributed by atoms with van der Waals surface area (Å²) in [6, 6.07) is 10.1. The van der Waals surface area contributed by atoms with Gasteiger partial charge in [-0.3, -0.25) is 9.59 Å². The van der Waals surface area contributed by atoms with Crippen molar-refractivity contribution in [3.8, 4) is 0 Å². The van der Waals surface area contributed by atoms with Gasteiger partial charge in [-0.2, -0.15) is 10.2 Å². The van der Waals surface area contributed by atoms with E-state index in [0.717, 1.165) is 25.0 Å². The summed E-state index contributed by atoms with van der Waals surface area (Å²) in [7, 11) is 0. The molecule has 3 aromatic rings. The lowest BCUT2D eigenvalue weighted by molar-refractivity contribution is 0.0949. The van der Waals surface area contributed by atoms with Gasteiger partial charge < -0.3 is 0 Å². The first-order valence-electron chi connectivity index (χ1n) is 9.22. The number of carbonyl (C=O) groups excluding carboxylic acids is 1. The lowest BCUT2D eigenvalue weighted by Gasteiger charge is -2.10. The largest absolute Gasteiger partial charge is 0.292 e. The molecule has 2 aromatic carbocycles. The molecule has 0 radical (unpaired) electrons. The van der Waals surface area contributed by atoms with Crippen molar-refractivity contribution in [3.05, 3.63) is 75.7 Å². The molecule has 0 bridgehead atoms. The van der Waals surface area contributed by atoms with Crippen LogP contribution in [0.25, 0.3) is 10.8 Å². The number of nitrogens with one attached hydrogen (secondary N) is 1. The number of halogens is 2. The van der Waals surface area contributed by atoms with Gasteiger partial charge in [-0.05, 0) is 37.6 Å². The molecule has 29 heavy (non-hydrogen) atoms. The molecule has 0 aliphatic carbocycles. The summed E-state index contributed by atoms with van der Waals surface area (Å²) in [5.74, 6) is -2.57. The number of carbonyl (C=O) groups is 1. The fourth-order valence-electron chi connectivity index (χ4n) is 2.84. The minimum atomic E-state index is -1.00. The van der Waals surface area contributed by atoms with Crippen molar-refractivity contribution in [1.29, 1.82) is 0 Å². The second-order valence-corrected chi connectivity index (χ2v) is 6.54. The molecule has 1 aromatic heterocycles. The van der Waals surface area contributed by atoms with Crippen molar-refractivity contribution in [2.75, 3.05) is 0 Å². The minimum absolute atomic E-state index is 0.0677. The van der Waals surface area contributed by atoms with Crippen molar-refractivity contribution in [1.82, 2.24) is 15.2 Å². The zero-order valence-corrected chi connectivity index (χ0v) is 16.1. The van der Waals surface area contributed by atoms with E-state index in [1.54, 1.807) is 31.2 Å². The van der Waals surface area contributed by atoms with Crippen LogP contribution in [-0.4, -0.2) is 21.4 Å². The summed E-state index contributed by atoms with van der Waals surface area (Å²) >= 11 is 0. The molecule has 0 saturated carbocycles. The molecule has 0 atom stereocenters. The molecule has 0 saturated heterocycles. The fraction of sp³-hybridized carbons (Fsp3) is 0.238. The van der Waals surface area contributed by atoms with Gasteiger partial charge in [0.25, 0.3) is 11.5 Å². The van der Waals surface area contributed by atoms with Gasteiger partial charge in [0.05, 0.1) is 11.1 Å². The Morgan fingerprint density at radius 2 is 1.86 bits per heavy atom. The van der Waals surface area contributed by atoms with Crippen molar-refractivity contribution in [2.24, 2.45) is 5.10 Å². The summed E-state index contributed by atoms with van der Waals surface area (Å²) in [5, 5.41) is 9.00. The summed E-state index contributed by atoms with van der Waals surface area (Å²) in [4.78, 5) is 25.3. The van der Waals surface area contributed by atoms with Crippen LogP contribution in [0.4, 0.5) is 8.78 Å². The number of nitrogens with zero attached hydrogens (tertiary/aromatic N) is 3. The Labute approximate surface area is 165 Å². The molecular weight excluding hydrogens is 378 g/mol. The van der Waals surface area contributed by atoms with Crippen molar-refractivity contribution in [2.45, 2.75) is 33.2 Å². The average molecular weight is 398 g/mol. The highest BCUT2D eigenvalue weighted by molar-refractivity contribution is 6.06. The van der Waals surface area contributed by atoms with Crippen LogP contribution in [0.5, 0.6) is 0 Å². The van der Waals surface area contributed by atoms with E-state index in [9.17, 15) is 18.4 Å². The smallest absolute Gasteiger partial charge is 0.267 e. The number of hydrogen-bond donors (Lipinski definition) is 1. The molecule has 6 nitrogen and oxygen atoms in total. The topological polar surface area (TPSA) is 76.3 Å². The van der Waals surface area contributed by atoms with Gasteiger partial charge in [0.2, 0.25) is 0 Å². The van der Waals surface area contributed by atoms with Gasteiger partial charge in [0.15, 0.2) is 17.3 Å². The van der Waals surface area contributed by atoms with Gasteiger partial charge in [0, 0.05) is 17.5 Å². The monoisotopic (exact) mass is 398 g/mol. The molecule has 8 heteroatoms. The average Bonchev–Trinajstić information content (AvgIpc) is 2.73. The highest BCUT2D eigenvalue weighted by Crippen LogP contribution is 2.14. The van der Waals surface area contributed by atoms with E-state index in [1.807, 2.05) is 6.92 Å². The normalized spacial score (nSPS) is 11.7. The second-order valence-electron chi connectivity index (χ2n) is 6.54. The Hall–Kier alpha value is -3.42. The molecule has 1 amide bonds. The van der Waals surface area contributed by atoms with E-state index >= 15 is 0 Å². The Bertz CT molecular complexity index is 1160. The number of amides is 1. The maximum absolute atomic E-state index is 13.4. The molecule has 150 valence electrons. The van der Waals surface area contributed by atoms with Gasteiger partial charge in [-0.25, -0.2) is 18.9 Å². The zero-order valence-electron chi connectivity index (χ0n) is 16.1. The van der Waals surface area contributed by atoms with Gasteiger partial charge in [0.1, 0.15) is 0 Å². The summed E-state index contributed by atoms with van der Waals surface area (Å²) in [5.41, 5.74) is 2.81. The number of rotatable bonds is 6. The zero-order chi connectivity index (χ0) is 21.0. The van der Waals surface area contributed by atoms with Gasteiger partial charge in [-0.1, -0.05) is 31.5 Å². The highest BCUT2D eigenvalue weighted by Gasteiger charge is 2.16. The second kappa shape index (κ2) is 8.72. The number of hydrogen-bond acceptors (Lipinski definition) is 4. The van der Waals surface area contributed by atoms with E-state index in [1.165, 1.54) is 10.7 Å². The van der Waals surface area contributed by atoms with Crippen molar-refractivity contribution < 1.29 is 13.6 Å². The van der Waals surface area contributed by atoms with Crippen molar-refractivity contribution in [3.63, 3.8) is 0 Å².